The summed E-state index contributed by atoms with van der Waals surface area (Å²) in [7, 11) is 0. The van der Waals surface area contributed by atoms with Crippen molar-refractivity contribution in [1.29, 1.82) is 0 Å². The fraction of sp³-hybridized carbons (Fsp3) is 0.323. The van der Waals surface area contributed by atoms with Gasteiger partial charge in [0.25, 0.3) is 5.91 Å². The molecule has 2 fully saturated rings. The summed E-state index contributed by atoms with van der Waals surface area (Å²) in [5, 5.41) is 6.71. The van der Waals surface area contributed by atoms with E-state index in [1.165, 1.54) is 0 Å². The number of carbonyl (C=O) groups is 3. The highest BCUT2D eigenvalue weighted by molar-refractivity contribution is 6.32. The van der Waals surface area contributed by atoms with Crippen LogP contribution in [0.4, 0.5) is 11.4 Å². The van der Waals surface area contributed by atoms with Crippen molar-refractivity contribution in [2.45, 2.75) is 43.7 Å². The molecule has 198 valence electrons. The van der Waals surface area contributed by atoms with E-state index in [-0.39, 0.29) is 23.6 Å². The van der Waals surface area contributed by atoms with E-state index in [1.54, 1.807) is 18.2 Å². The molecule has 3 aromatic carbocycles. The number of anilines is 2. The predicted octanol–water partition coefficient (Wildman–Crippen LogP) is 5.06. The molecule has 0 saturated carbocycles. The molecular weight excluding hydrogens is 514 g/mol. The number of para-hydroxylation sites is 2. The number of halogens is 1. The molecule has 2 amide bonds. The number of Topliss-reactive ketones (excluding diaryl/α,β-unsaturated/α-hetero) is 1. The molecule has 0 bridgehead atoms. The van der Waals surface area contributed by atoms with Crippen LogP contribution in [-0.2, 0) is 20.5 Å². The van der Waals surface area contributed by atoms with E-state index < -0.39 is 16.9 Å². The molecular formula is C31H28ClN3O4. The summed E-state index contributed by atoms with van der Waals surface area (Å²) in [6, 6.07) is 18.0. The van der Waals surface area contributed by atoms with Crippen LogP contribution >= 0.6 is 11.6 Å². The fourth-order valence-electron chi connectivity index (χ4n) is 7.89. The zero-order valence-electron chi connectivity index (χ0n) is 21.7. The molecule has 2 spiro atoms. The summed E-state index contributed by atoms with van der Waals surface area (Å²) in [4.78, 5) is 46.1. The van der Waals surface area contributed by atoms with Gasteiger partial charge in [-0.15, -0.1) is 0 Å². The van der Waals surface area contributed by atoms with Crippen LogP contribution in [0.5, 0.6) is 5.75 Å². The zero-order chi connectivity index (χ0) is 27.1. The molecule has 4 aliphatic rings. The number of amides is 2. The number of ketones is 1. The van der Waals surface area contributed by atoms with Crippen molar-refractivity contribution < 1.29 is 19.1 Å². The minimum atomic E-state index is -1.50. The van der Waals surface area contributed by atoms with Gasteiger partial charge in [-0.1, -0.05) is 48.0 Å². The first-order valence-corrected chi connectivity index (χ1v) is 13.8. The minimum absolute atomic E-state index is 0.188. The second kappa shape index (κ2) is 8.41. The van der Waals surface area contributed by atoms with Crippen LogP contribution in [0.2, 0.25) is 5.02 Å². The van der Waals surface area contributed by atoms with Crippen LogP contribution in [0.15, 0.2) is 60.7 Å². The molecule has 2 N–H and O–H groups in total. The highest BCUT2D eigenvalue weighted by Crippen LogP contribution is 2.68. The smallest absolute Gasteiger partial charge is 0.251 e. The summed E-state index contributed by atoms with van der Waals surface area (Å²) in [6.07, 6.45) is 1.51. The highest BCUT2D eigenvalue weighted by Gasteiger charge is 2.81. The van der Waals surface area contributed by atoms with Gasteiger partial charge in [0.05, 0.1) is 23.8 Å². The highest BCUT2D eigenvalue weighted by atomic mass is 35.5. The maximum absolute atomic E-state index is 14.8. The summed E-state index contributed by atoms with van der Waals surface area (Å²) in [6.45, 7) is 4.74. The number of benzene rings is 3. The Kier molecular flexibility index (Phi) is 5.25. The van der Waals surface area contributed by atoms with Gasteiger partial charge in [-0.3, -0.25) is 19.3 Å². The van der Waals surface area contributed by atoms with Crippen molar-refractivity contribution in [3.63, 3.8) is 0 Å². The summed E-state index contributed by atoms with van der Waals surface area (Å²) in [5.74, 6) is -1.16. The topological polar surface area (TPSA) is 87.7 Å². The lowest BCUT2D eigenvalue weighted by Gasteiger charge is -2.43. The van der Waals surface area contributed by atoms with Crippen LogP contribution in [0.3, 0.4) is 0 Å². The SMILES string of the molecule is CCOc1ccccc1C(=O)C1C2CCCN2C2(C(=O)Nc3c2ccc(Cl)c3C)C12C(=O)Nc1ccccc12. The lowest BCUT2D eigenvalue weighted by Crippen LogP contribution is -2.62. The van der Waals surface area contributed by atoms with Crippen molar-refractivity contribution >= 4 is 40.6 Å². The second-order valence-corrected chi connectivity index (χ2v) is 11.1. The lowest BCUT2D eigenvalue weighted by molar-refractivity contribution is -0.137. The van der Waals surface area contributed by atoms with E-state index >= 15 is 0 Å². The molecule has 39 heavy (non-hydrogen) atoms. The van der Waals surface area contributed by atoms with Gasteiger partial charge in [-0.05, 0) is 68.6 Å². The number of rotatable bonds is 4. The maximum Gasteiger partial charge on any atom is 0.251 e. The molecule has 4 heterocycles. The third-order valence-corrected chi connectivity index (χ3v) is 9.61. The Labute approximate surface area is 231 Å². The molecule has 0 aromatic heterocycles. The molecule has 0 radical (unpaired) electrons. The van der Waals surface area contributed by atoms with Crippen LogP contribution in [-0.4, -0.2) is 41.7 Å². The van der Waals surface area contributed by atoms with Crippen LogP contribution in [0.1, 0.15) is 46.8 Å². The number of hydrogen-bond donors (Lipinski definition) is 2. The number of hydrogen-bond acceptors (Lipinski definition) is 5. The molecule has 0 aliphatic carbocycles. The van der Waals surface area contributed by atoms with Crippen molar-refractivity contribution in [3.8, 4) is 5.75 Å². The Bertz CT molecular complexity index is 1590. The second-order valence-electron chi connectivity index (χ2n) is 10.7. The molecule has 7 nitrogen and oxygen atoms in total. The molecule has 7 rings (SSSR count). The van der Waals surface area contributed by atoms with Crippen LogP contribution in [0, 0.1) is 12.8 Å². The normalized spacial score (nSPS) is 28.4. The van der Waals surface area contributed by atoms with Gasteiger partial charge in [-0.25, -0.2) is 0 Å². The number of nitrogens with zero attached hydrogens (tertiary/aromatic N) is 1. The van der Waals surface area contributed by atoms with E-state index in [0.717, 1.165) is 12.0 Å². The molecule has 8 heteroatoms. The molecule has 3 aromatic rings. The van der Waals surface area contributed by atoms with E-state index in [0.29, 0.717) is 58.4 Å². The summed E-state index contributed by atoms with van der Waals surface area (Å²) < 4.78 is 5.87. The first-order chi connectivity index (χ1) is 18.9. The molecule has 4 unspecified atom stereocenters. The van der Waals surface area contributed by atoms with Gasteiger partial charge >= 0.3 is 0 Å². The van der Waals surface area contributed by atoms with Gasteiger partial charge in [-0.2, -0.15) is 0 Å². The average Bonchev–Trinajstić information content (AvgIpc) is 3.65. The predicted molar refractivity (Wildman–Crippen MR) is 148 cm³/mol. The van der Waals surface area contributed by atoms with Crippen molar-refractivity contribution in [2.75, 3.05) is 23.8 Å². The average molecular weight is 542 g/mol. The Balaban J connectivity index is 1.58. The zero-order valence-corrected chi connectivity index (χ0v) is 22.5. The van der Waals surface area contributed by atoms with Crippen molar-refractivity contribution in [2.24, 2.45) is 5.92 Å². The molecule has 4 aliphatic heterocycles. The van der Waals surface area contributed by atoms with Gasteiger partial charge < -0.3 is 15.4 Å². The fourth-order valence-corrected chi connectivity index (χ4v) is 8.04. The molecule has 2 saturated heterocycles. The van der Waals surface area contributed by atoms with Gasteiger partial charge in [0.2, 0.25) is 5.91 Å². The van der Waals surface area contributed by atoms with Crippen molar-refractivity contribution in [3.05, 3.63) is 87.9 Å². The third kappa shape index (κ3) is 2.79. The standard InChI is InChI=1S/C31H28ClN3O4/c1-3-39-24-13-7-4-9-18(24)27(36)25-23-12-8-16-35(23)31(20-14-15-21(32)17(2)26(20)34-29(31)38)30(25)19-10-5-6-11-22(19)33-28(30)37/h4-7,9-11,13-15,23,25H,3,8,12,16H2,1-2H3,(H,33,37)(H,34,38). The summed E-state index contributed by atoms with van der Waals surface area (Å²) >= 11 is 6.50. The van der Waals surface area contributed by atoms with E-state index in [1.807, 2.05) is 56.3 Å². The van der Waals surface area contributed by atoms with E-state index in [9.17, 15) is 14.4 Å². The Morgan fingerprint density at radius 3 is 2.62 bits per heavy atom. The maximum atomic E-state index is 14.8. The quantitative estimate of drug-likeness (QED) is 0.451. The largest absolute Gasteiger partial charge is 0.493 e. The van der Waals surface area contributed by atoms with Crippen LogP contribution in [0.25, 0.3) is 0 Å². The Morgan fingerprint density at radius 2 is 1.79 bits per heavy atom. The monoisotopic (exact) mass is 541 g/mol. The van der Waals surface area contributed by atoms with E-state index in [4.69, 9.17) is 16.3 Å². The minimum Gasteiger partial charge on any atom is -0.493 e. The molecule has 4 atom stereocenters. The van der Waals surface area contributed by atoms with Crippen molar-refractivity contribution in [1.82, 2.24) is 4.90 Å². The van der Waals surface area contributed by atoms with Gasteiger partial charge in [0, 0.05) is 22.3 Å². The first-order valence-electron chi connectivity index (χ1n) is 13.4. The number of carbonyl (C=O) groups excluding carboxylic acids is 3. The van der Waals surface area contributed by atoms with E-state index in [2.05, 4.69) is 15.5 Å². The number of nitrogens with one attached hydrogen (secondary N) is 2. The number of ether oxygens (including phenoxy) is 1. The first kappa shape index (κ1) is 24.4. The Hall–Kier alpha value is -3.68. The third-order valence-electron chi connectivity index (χ3n) is 9.20. The summed E-state index contributed by atoms with van der Waals surface area (Å²) in [5.41, 5.74) is 0.873. The van der Waals surface area contributed by atoms with Gasteiger partial charge in [0.1, 0.15) is 16.7 Å². The number of fused-ring (bicyclic) bond motifs is 7. The van der Waals surface area contributed by atoms with Crippen LogP contribution < -0.4 is 15.4 Å². The lowest BCUT2D eigenvalue weighted by atomic mass is 9.57. The Morgan fingerprint density at radius 1 is 1.03 bits per heavy atom. The van der Waals surface area contributed by atoms with Gasteiger partial charge in [0.15, 0.2) is 5.78 Å².